The summed E-state index contributed by atoms with van der Waals surface area (Å²) in [6.07, 6.45) is 7.63. The minimum atomic E-state index is -0.267. The van der Waals surface area contributed by atoms with Gasteiger partial charge in [-0.05, 0) is 19.3 Å². The van der Waals surface area contributed by atoms with E-state index in [2.05, 4.69) is 6.92 Å². The van der Waals surface area contributed by atoms with Crippen LogP contribution in [0.1, 0.15) is 51.9 Å². The number of ether oxygens (including phenoxy) is 2. The van der Waals surface area contributed by atoms with Crippen LogP contribution in [0, 0.1) is 0 Å². The molecule has 3 heteroatoms. The zero-order valence-electron chi connectivity index (χ0n) is 9.83. The van der Waals surface area contributed by atoms with Crippen molar-refractivity contribution in [3.8, 4) is 0 Å². The summed E-state index contributed by atoms with van der Waals surface area (Å²) in [5.74, 6) is -0.267. The van der Waals surface area contributed by atoms with Gasteiger partial charge in [-0.15, -0.1) is 0 Å². The molecule has 1 aliphatic rings. The second kappa shape index (κ2) is 7.20. The zero-order valence-corrected chi connectivity index (χ0v) is 9.83. The Morgan fingerprint density at radius 1 is 1.00 bits per heavy atom. The molecule has 1 aliphatic heterocycles. The largest absolute Gasteiger partial charge is 0.396 e. The Balaban J connectivity index is 2.02. The molecule has 15 heavy (non-hydrogen) atoms. The van der Waals surface area contributed by atoms with Crippen LogP contribution in [-0.4, -0.2) is 30.7 Å². The fourth-order valence-corrected chi connectivity index (χ4v) is 2.06. The monoisotopic (exact) mass is 216 g/mol. The van der Waals surface area contributed by atoms with Crippen LogP contribution in [0.4, 0.5) is 0 Å². The molecule has 0 aromatic heterocycles. The van der Waals surface area contributed by atoms with Gasteiger partial charge in [-0.2, -0.15) is 0 Å². The maximum atomic E-state index is 8.63. The van der Waals surface area contributed by atoms with Crippen molar-refractivity contribution in [3.63, 3.8) is 0 Å². The van der Waals surface area contributed by atoms with Gasteiger partial charge in [-0.3, -0.25) is 0 Å². The van der Waals surface area contributed by atoms with Crippen molar-refractivity contribution in [1.29, 1.82) is 0 Å². The number of unbranched alkanes of at least 4 members (excludes halogenated alkanes) is 4. The lowest BCUT2D eigenvalue weighted by Gasteiger charge is -2.25. The van der Waals surface area contributed by atoms with Gasteiger partial charge < -0.3 is 14.6 Å². The van der Waals surface area contributed by atoms with Gasteiger partial charge in [-0.1, -0.05) is 26.2 Å². The molecule has 0 aromatic rings. The van der Waals surface area contributed by atoms with E-state index in [4.69, 9.17) is 14.6 Å². The number of hydrogen-bond donors (Lipinski definition) is 1. The van der Waals surface area contributed by atoms with Crippen molar-refractivity contribution < 1.29 is 14.6 Å². The topological polar surface area (TPSA) is 38.7 Å². The summed E-state index contributed by atoms with van der Waals surface area (Å²) in [5, 5.41) is 8.63. The van der Waals surface area contributed by atoms with E-state index < -0.39 is 0 Å². The number of hydrogen-bond acceptors (Lipinski definition) is 3. The zero-order chi connectivity index (χ0) is 11.0. The molecule has 1 heterocycles. The van der Waals surface area contributed by atoms with Crippen LogP contribution in [0.2, 0.25) is 0 Å². The van der Waals surface area contributed by atoms with Crippen LogP contribution in [-0.2, 0) is 9.47 Å². The molecule has 90 valence electrons. The van der Waals surface area contributed by atoms with E-state index in [9.17, 15) is 0 Å². The summed E-state index contributed by atoms with van der Waals surface area (Å²) < 4.78 is 11.3. The highest BCUT2D eigenvalue weighted by Crippen LogP contribution is 2.29. The van der Waals surface area contributed by atoms with E-state index >= 15 is 0 Å². The summed E-state index contributed by atoms with van der Waals surface area (Å²) >= 11 is 0. The molecule has 1 N–H and O–H groups in total. The van der Waals surface area contributed by atoms with Crippen LogP contribution in [0.15, 0.2) is 0 Å². The summed E-state index contributed by atoms with van der Waals surface area (Å²) in [6, 6.07) is 0. The van der Waals surface area contributed by atoms with E-state index in [-0.39, 0.29) is 5.79 Å². The van der Waals surface area contributed by atoms with Gasteiger partial charge in [0.2, 0.25) is 0 Å². The Morgan fingerprint density at radius 3 is 2.20 bits per heavy atom. The standard InChI is InChI=1S/C12H24O3/c1-2-12(14-10-11-15-12)8-6-4-3-5-7-9-13/h13H,2-11H2,1H3. The summed E-state index contributed by atoms with van der Waals surface area (Å²) in [6.45, 7) is 3.94. The van der Waals surface area contributed by atoms with Gasteiger partial charge in [-0.25, -0.2) is 0 Å². The first-order chi connectivity index (χ1) is 7.33. The molecule has 0 saturated carbocycles. The van der Waals surface area contributed by atoms with Crippen LogP contribution in [0.25, 0.3) is 0 Å². The highest BCUT2D eigenvalue weighted by atomic mass is 16.7. The molecule has 3 nitrogen and oxygen atoms in total. The lowest BCUT2D eigenvalue weighted by Crippen LogP contribution is -2.28. The van der Waals surface area contributed by atoms with E-state index in [0.717, 1.165) is 38.9 Å². The summed E-state index contributed by atoms with van der Waals surface area (Å²) in [4.78, 5) is 0. The molecule has 1 rings (SSSR count). The first-order valence-electron chi connectivity index (χ1n) is 6.22. The minimum Gasteiger partial charge on any atom is -0.396 e. The molecule has 0 spiro atoms. The van der Waals surface area contributed by atoms with Crippen LogP contribution >= 0.6 is 0 Å². The van der Waals surface area contributed by atoms with Crippen molar-refractivity contribution in [2.24, 2.45) is 0 Å². The minimum absolute atomic E-state index is 0.267. The molecule has 1 fully saturated rings. The third kappa shape index (κ3) is 4.49. The maximum Gasteiger partial charge on any atom is 0.168 e. The van der Waals surface area contributed by atoms with Crippen molar-refractivity contribution in [3.05, 3.63) is 0 Å². The molecule has 0 unspecified atom stereocenters. The van der Waals surface area contributed by atoms with Crippen LogP contribution in [0.3, 0.4) is 0 Å². The fraction of sp³-hybridized carbons (Fsp3) is 1.00. The first-order valence-corrected chi connectivity index (χ1v) is 6.22. The summed E-state index contributed by atoms with van der Waals surface area (Å²) in [7, 11) is 0. The third-order valence-corrected chi connectivity index (χ3v) is 3.07. The van der Waals surface area contributed by atoms with Gasteiger partial charge in [0.1, 0.15) is 0 Å². The number of rotatable bonds is 8. The van der Waals surface area contributed by atoms with Crippen LogP contribution < -0.4 is 0 Å². The van der Waals surface area contributed by atoms with Crippen molar-refractivity contribution in [2.75, 3.05) is 19.8 Å². The van der Waals surface area contributed by atoms with Gasteiger partial charge in [0, 0.05) is 13.0 Å². The van der Waals surface area contributed by atoms with Gasteiger partial charge in [0.25, 0.3) is 0 Å². The van der Waals surface area contributed by atoms with Gasteiger partial charge in [0.15, 0.2) is 5.79 Å². The quantitative estimate of drug-likeness (QED) is 0.633. The van der Waals surface area contributed by atoms with Crippen molar-refractivity contribution in [1.82, 2.24) is 0 Å². The average molecular weight is 216 g/mol. The smallest absolute Gasteiger partial charge is 0.168 e. The molecule has 1 saturated heterocycles. The Bertz CT molecular complexity index is 153. The fourth-order valence-electron chi connectivity index (χ4n) is 2.06. The van der Waals surface area contributed by atoms with E-state index in [0.29, 0.717) is 6.61 Å². The Morgan fingerprint density at radius 2 is 1.60 bits per heavy atom. The average Bonchev–Trinajstić information content (AvgIpc) is 2.73. The number of aliphatic hydroxyl groups is 1. The number of aliphatic hydroxyl groups excluding tert-OH is 1. The molecule has 0 bridgehead atoms. The summed E-state index contributed by atoms with van der Waals surface area (Å²) in [5.41, 5.74) is 0. The highest BCUT2D eigenvalue weighted by Gasteiger charge is 2.33. The van der Waals surface area contributed by atoms with Gasteiger partial charge >= 0.3 is 0 Å². The predicted molar refractivity (Wildman–Crippen MR) is 59.7 cm³/mol. The third-order valence-electron chi connectivity index (χ3n) is 3.07. The molecular weight excluding hydrogens is 192 g/mol. The highest BCUT2D eigenvalue weighted by molar-refractivity contribution is 4.72. The molecule has 0 amide bonds. The van der Waals surface area contributed by atoms with E-state index in [1.54, 1.807) is 0 Å². The Kier molecular flexibility index (Phi) is 6.22. The van der Waals surface area contributed by atoms with Crippen LogP contribution in [0.5, 0.6) is 0 Å². The molecule has 0 aromatic carbocycles. The second-order valence-corrected chi connectivity index (χ2v) is 4.20. The molecule has 0 radical (unpaired) electrons. The van der Waals surface area contributed by atoms with Crippen molar-refractivity contribution >= 4 is 0 Å². The molecule has 0 aliphatic carbocycles. The molecular formula is C12H24O3. The normalized spacial score (nSPS) is 19.6. The van der Waals surface area contributed by atoms with Crippen molar-refractivity contribution in [2.45, 2.75) is 57.7 Å². The first kappa shape index (κ1) is 12.9. The lowest BCUT2D eigenvalue weighted by atomic mass is 10.0. The molecule has 0 atom stereocenters. The van der Waals surface area contributed by atoms with Gasteiger partial charge in [0.05, 0.1) is 13.2 Å². The Labute approximate surface area is 92.8 Å². The lowest BCUT2D eigenvalue weighted by molar-refractivity contribution is -0.164. The SMILES string of the molecule is CCC1(CCCCCCCO)OCCO1. The predicted octanol–water partition coefficient (Wildman–Crippen LogP) is 2.47. The maximum absolute atomic E-state index is 8.63. The second-order valence-electron chi connectivity index (χ2n) is 4.20. The van der Waals surface area contributed by atoms with E-state index in [1.165, 1.54) is 19.3 Å². The van der Waals surface area contributed by atoms with E-state index in [1.807, 2.05) is 0 Å². The Hall–Kier alpha value is -0.120.